The van der Waals surface area contributed by atoms with E-state index < -0.39 is 0 Å². The molecule has 0 N–H and O–H groups in total. The van der Waals surface area contributed by atoms with E-state index in [-0.39, 0.29) is 11.5 Å². The number of para-hydroxylation sites is 1. The molecule has 8 heteroatoms. The fourth-order valence-electron chi connectivity index (χ4n) is 4.91. The highest BCUT2D eigenvalue weighted by molar-refractivity contribution is 5.80. The van der Waals surface area contributed by atoms with Crippen LogP contribution in [0, 0.1) is 5.92 Å². The zero-order chi connectivity index (χ0) is 20.7. The number of aryl methyl sites for hydroxylation is 1. The van der Waals surface area contributed by atoms with Gasteiger partial charge in [-0.25, -0.2) is 0 Å². The molecule has 158 valence electrons. The van der Waals surface area contributed by atoms with Crippen molar-refractivity contribution in [2.75, 3.05) is 26.2 Å². The van der Waals surface area contributed by atoms with Crippen LogP contribution in [0.3, 0.4) is 0 Å². The van der Waals surface area contributed by atoms with Gasteiger partial charge in [-0.1, -0.05) is 12.1 Å². The summed E-state index contributed by atoms with van der Waals surface area (Å²) in [6, 6.07) is 7.60. The van der Waals surface area contributed by atoms with Crippen molar-refractivity contribution in [1.29, 1.82) is 0 Å². The predicted octanol–water partition coefficient (Wildman–Crippen LogP) is 1.81. The second-order valence-electron chi connectivity index (χ2n) is 8.57. The molecule has 0 unspecified atom stereocenters. The van der Waals surface area contributed by atoms with Gasteiger partial charge in [0, 0.05) is 26.1 Å². The highest BCUT2D eigenvalue weighted by Crippen LogP contribution is 2.23. The third-order valence-electron chi connectivity index (χ3n) is 6.66. The first-order valence-electron chi connectivity index (χ1n) is 11.0. The van der Waals surface area contributed by atoms with Crippen LogP contribution in [0.1, 0.15) is 37.9 Å². The number of hydrogen-bond acceptors (Lipinski definition) is 5. The first-order valence-corrected chi connectivity index (χ1v) is 11.0. The quantitative estimate of drug-likeness (QED) is 0.661. The summed E-state index contributed by atoms with van der Waals surface area (Å²) in [5.74, 6) is 1.89. The molecular formula is C22H28N6O2. The van der Waals surface area contributed by atoms with Crippen molar-refractivity contribution in [3.8, 4) is 0 Å². The number of rotatable bonds is 3. The predicted molar refractivity (Wildman–Crippen MR) is 114 cm³/mol. The fourth-order valence-corrected chi connectivity index (χ4v) is 4.91. The Labute approximate surface area is 175 Å². The number of piperidine rings is 2. The maximum Gasteiger partial charge on any atom is 0.262 e. The minimum absolute atomic E-state index is 0.0610. The lowest BCUT2D eigenvalue weighted by molar-refractivity contribution is -0.138. The van der Waals surface area contributed by atoms with Gasteiger partial charge in [0.2, 0.25) is 11.7 Å². The lowest BCUT2D eigenvalue weighted by atomic mass is 9.94. The maximum absolute atomic E-state index is 12.8. The van der Waals surface area contributed by atoms with E-state index in [0.29, 0.717) is 23.6 Å². The lowest BCUT2D eigenvalue weighted by Crippen LogP contribution is -2.44. The Morgan fingerprint density at radius 2 is 1.77 bits per heavy atom. The van der Waals surface area contributed by atoms with Gasteiger partial charge < -0.3 is 4.90 Å². The van der Waals surface area contributed by atoms with Crippen molar-refractivity contribution in [3.63, 3.8) is 0 Å². The van der Waals surface area contributed by atoms with Gasteiger partial charge in [-0.3, -0.25) is 23.5 Å². The number of amides is 1. The Bertz CT molecular complexity index is 1140. The van der Waals surface area contributed by atoms with Gasteiger partial charge in [-0.05, 0) is 57.3 Å². The number of carbonyl (C=O) groups is 1. The molecule has 0 spiro atoms. The topological polar surface area (TPSA) is 75.7 Å². The summed E-state index contributed by atoms with van der Waals surface area (Å²) in [5, 5.41) is 9.36. The van der Waals surface area contributed by atoms with Gasteiger partial charge in [-0.15, -0.1) is 10.2 Å². The Balaban J connectivity index is 1.34. The molecule has 4 heterocycles. The van der Waals surface area contributed by atoms with Gasteiger partial charge in [0.1, 0.15) is 0 Å². The zero-order valence-corrected chi connectivity index (χ0v) is 17.5. The van der Waals surface area contributed by atoms with Crippen LogP contribution in [0.2, 0.25) is 0 Å². The second kappa shape index (κ2) is 7.83. The molecule has 2 aliphatic rings. The molecule has 0 bridgehead atoms. The molecule has 0 radical (unpaired) electrons. The van der Waals surface area contributed by atoms with E-state index in [0.717, 1.165) is 63.2 Å². The molecule has 2 fully saturated rings. The summed E-state index contributed by atoms with van der Waals surface area (Å²) in [6.45, 7) is 4.27. The van der Waals surface area contributed by atoms with Crippen molar-refractivity contribution < 1.29 is 4.79 Å². The van der Waals surface area contributed by atoms with E-state index >= 15 is 0 Å². The number of fused-ring (bicyclic) bond motifs is 3. The second-order valence-corrected chi connectivity index (χ2v) is 8.57. The summed E-state index contributed by atoms with van der Waals surface area (Å²) in [7, 11) is 1.74. The zero-order valence-electron chi connectivity index (χ0n) is 17.5. The van der Waals surface area contributed by atoms with Crippen LogP contribution in [0.4, 0.5) is 0 Å². The van der Waals surface area contributed by atoms with Crippen molar-refractivity contribution in [3.05, 3.63) is 40.4 Å². The molecule has 30 heavy (non-hydrogen) atoms. The standard InChI is InChI=1S/C22H28N6O2/c1-25-21(30)17-7-3-4-8-18(17)28-19(23-24-22(25)28)15-26-13-9-16(10-14-26)20(29)27-11-5-2-6-12-27/h3-4,7-8,16H,2,5-6,9-15H2,1H3. The molecular weight excluding hydrogens is 380 g/mol. The molecule has 0 atom stereocenters. The van der Waals surface area contributed by atoms with E-state index in [2.05, 4.69) is 20.0 Å². The summed E-state index contributed by atoms with van der Waals surface area (Å²) in [6.07, 6.45) is 5.31. The highest BCUT2D eigenvalue weighted by Gasteiger charge is 2.29. The van der Waals surface area contributed by atoms with E-state index in [4.69, 9.17) is 0 Å². The molecule has 1 amide bonds. The van der Waals surface area contributed by atoms with E-state index in [1.165, 1.54) is 6.42 Å². The molecule has 0 aliphatic carbocycles. The van der Waals surface area contributed by atoms with Gasteiger partial charge in [0.15, 0.2) is 5.82 Å². The van der Waals surface area contributed by atoms with Crippen LogP contribution < -0.4 is 5.56 Å². The van der Waals surface area contributed by atoms with E-state index in [1.54, 1.807) is 11.6 Å². The summed E-state index contributed by atoms with van der Waals surface area (Å²) < 4.78 is 3.55. The highest BCUT2D eigenvalue weighted by atomic mass is 16.2. The van der Waals surface area contributed by atoms with Crippen molar-refractivity contribution in [1.82, 2.24) is 29.0 Å². The number of nitrogens with zero attached hydrogens (tertiary/aromatic N) is 6. The Kier molecular flexibility index (Phi) is 5.02. The van der Waals surface area contributed by atoms with Crippen LogP contribution in [0.15, 0.2) is 29.1 Å². The van der Waals surface area contributed by atoms with Crippen LogP contribution in [-0.4, -0.2) is 61.1 Å². The number of carbonyl (C=O) groups excluding carboxylic acids is 1. The SMILES string of the molecule is Cn1c(=O)c2ccccc2n2c(CN3CCC(C(=O)N4CCCCC4)CC3)nnc12. The third-order valence-corrected chi connectivity index (χ3v) is 6.66. The Hall–Kier alpha value is -2.74. The average molecular weight is 409 g/mol. The molecule has 5 rings (SSSR count). The van der Waals surface area contributed by atoms with E-state index in [9.17, 15) is 9.59 Å². The van der Waals surface area contributed by atoms with Crippen LogP contribution in [-0.2, 0) is 18.4 Å². The van der Waals surface area contributed by atoms with Gasteiger partial charge in [0.05, 0.1) is 17.4 Å². The average Bonchev–Trinajstić information content (AvgIpc) is 3.22. The first-order chi connectivity index (χ1) is 14.6. The van der Waals surface area contributed by atoms with Gasteiger partial charge in [-0.2, -0.15) is 0 Å². The summed E-state index contributed by atoms with van der Waals surface area (Å²) >= 11 is 0. The molecule has 8 nitrogen and oxygen atoms in total. The normalized spacial score (nSPS) is 19.0. The van der Waals surface area contributed by atoms with Crippen LogP contribution in [0.5, 0.6) is 0 Å². The maximum atomic E-state index is 12.8. The summed E-state index contributed by atoms with van der Waals surface area (Å²) in [5.41, 5.74) is 0.778. The van der Waals surface area contributed by atoms with E-state index in [1.807, 2.05) is 28.7 Å². The first kappa shape index (κ1) is 19.2. The molecule has 2 aromatic heterocycles. The smallest absolute Gasteiger partial charge is 0.262 e. The lowest BCUT2D eigenvalue weighted by Gasteiger charge is -2.35. The number of aromatic nitrogens is 4. The number of benzene rings is 1. The van der Waals surface area contributed by atoms with Crippen molar-refractivity contribution in [2.24, 2.45) is 13.0 Å². The van der Waals surface area contributed by atoms with Crippen molar-refractivity contribution in [2.45, 2.75) is 38.6 Å². The molecule has 2 aliphatic heterocycles. The Morgan fingerprint density at radius 3 is 2.53 bits per heavy atom. The van der Waals surface area contributed by atoms with Crippen molar-refractivity contribution >= 4 is 22.6 Å². The van der Waals surface area contributed by atoms with Gasteiger partial charge in [0.25, 0.3) is 5.56 Å². The molecule has 3 aromatic rings. The minimum Gasteiger partial charge on any atom is -0.342 e. The monoisotopic (exact) mass is 408 g/mol. The molecule has 2 saturated heterocycles. The minimum atomic E-state index is -0.0610. The number of likely N-dealkylation sites (tertiary alicyclic amines) is 2. The summed E-state index contributed by atoms with van der Waals surface area (Å²) in [4.78, 5) is 29.8. The van der Waals surface area contributed by atoms with Gasteiger partial charge >= 0.3 is 0 Å². The largest absolute Gasteiger partial charge is 0.342 e. The molecule has 0 saturated carbocycles. The fraction of sp³-hybridized carbons (Fsp3) is 0.545. The third kappa shape index (κ3) is 3.29. The van der Waals surface area contributed by atoms with Crippen LogP contribution >= 0.6 is 0 Å². The Morgan fingerprint density at radius 1 is 1.03 bits per heavy atom. The number of hydrogen-bond donors (Lipinski definition) is 0. The van der Waals surface area contributed by atoms with Crippen LogP contribution in [0.25, 0.3) is 16.7 Å². The molecule has 1 aromatic carbocycles.